The van der Waals surface area contributed by atoms with E-state index in [1.807, 2.05) is 30.3 Å². The fourth-order valence-corrected chi connectivity index (χ4v) is 2.78. The third kappa shape index (κ3) is 5.82. The lowest BCUT2D eigenvalue weighted by atomic mass is 10.2. The molecule has 0 saturated carbocycles. The third-order valence-corrected chi connectivity index (χ3v) is 4.21. The van der Waals surface area contributed by atoms with Gasteiger partial charge in [-0.3, -0.25) is 9.59 Å². The lowest BCUT2D eigenvalue weighted by Gasteiger charge is -2.07. The number of halogens is 1. The van der Waals surface area contributed by atoms with Crippen LogP contribution in [0.25, 0.3) is 0 Å². The Kier molecular flexibility index (Phi) is 7.02. The third-order valence-electron chi connectivity index (χ3n) is 3.00. The minimum Gasteiger partial charge on any atom is -0.481 e. The van der Waals surface area contributed by atoms with Gasteiger partial charge in [0.1, 0.15) is 0 Å². The molecule has 0 spiro atoms. The van der Waals surface area contributed by atoms with Crippen LogP contribution in [0.2, 0.25) is 5.02 Å². The molecule has 0 saturated heterocycles. The summed E-state index contributed by atoms with van der Waals surface area (Å²) in [7, 11) is 0. The summed E-state index contributed by atoms with van der Waals surface area (Å²) < 4.78 is 0. The topological polar surface area (TPSA) is 92.2 Å². The molecule has 0 aliphatic carbocycles. The predicted octanol–water partition coefficient (Wildman–Crippen LogP) is 3.02. The smallest absolute Gasteiger partial charge is 0.303 e. The highest BCUT2D eigenvalue weighted by Crippen LogP contribution is 2.21. The van der Waals surface area contributed by atoms with E-state index in [2.05, 4.69) is 15.3 Å². The van der Waals surface area contributed by atoms with Crippen LogP contribution in [0.1, 0.15) is 28.9 Å². The quantitative estimate of drug-likeness (QED) is 0.424. The van der Waals surface area contributed by atoms with Crippen LogP contribution in [0.3, 0.4) is 0 Å². The van der Waals surface area contributed by atoms with Crippen LogP contribution in [0.5, 0.6) is 0 Å². The van der Waals surface area contributed by atoms with E-state index in [1.165, 1.54) is 18.0 Å². The number of benzene rings is 1. The monoisotopic (exact) mass is 365 g/mol. The van der Waals surface area contributed by atoms with E-state index >= 15 is 0 Å². The number of thioether (sulfide) groups is 1. The summed E-state index contributed by atoms with van der Waals surface area (Å²) in [5.41, 5.74) is 1.22. The van der Waals surface area contributed by atoms with Crippen LogP contribution in [0.4, 0.5) is 0 Å². The number of carboxylic acid groups (broad SMARTS) is 1. The van der Waals surface area contributed by atoms with Gasteiger partial charge in [0.15, 0.2) is 10.9 Å². The maximum Gasteiger partial charge on any atom is 0.303 e. The number of nitrogens with one attached hydrogen (secondary N) is 1. The number of amides is 1. The van der Waals surface area contributed by atoms with Crippen molar-refractivity contribution in [2.24, 2.45) is 0 Å². The van der Waals surface area contributed by atoms with Gasteiger partial charge in [-0.25, -0.2) is 9.97 Å². The van der Waals surface area contributed by atoms with Crippen LogP contribution in [0, 0.1) is 0 Å². The van der Waals surface area contributed by atoms with Crippen LogP contribution in [0.15, 0.2) is 41.7 Å². The Hall–Kier alpha value is -2.12. The summed E-state index contributed by atoms with van der Waals surface area (Å²) in [6.45, 7) is 0.248. The minimum absolute atomic E-state index is 0.00400. The molecule has 2 rings (SSSR count). The Morgan fingerprint density at radius 1 is 1.25 bits per heavy atom. The number of nitrogens with zero attached hydrogens (tertiary/aromatic N) is 2. The molecule has 1 amide bonds. The summed E-state index contributed by atoms with van der Waals surface area (Å²) in [5, 5.41) is 11.8. The van der Waals surface area contributed by atoms with Crippen molar-refractivity contribution in [2.45, 2.75) is 23.8 Å². The predicted molar refractivity (Wildman–Crippen MR) is 92.2 cm³/mol. The van der Waals surface area contributed by atoms with Gasteiger partial charge in [0.2, 0.25) is 0 Å². The molecule has 0 aliphatic heterocycles. The molecule has 0 aliphatic rings. The second kappa shape index (κ2) is 9.24. The lowest BCUT2D eigenvalue weighted by Crippen LogP contribution is -2.26. The van der Waals surface area contributed by atoms with Crippen molar-refractivity contribution < 1.29 is 14.7 Å². The summed E-state index contributed by atoms with van der Waals surface area (Å²) in [6, 6.07) is 9.85. The first-order valence-corrected chi connectivity index (χ1v) is 8.62. The fraction of sp³-hybridized carbons (Fsp3) is 0.250. The molecule has 0 unspecified atom stereocenters. The van der Waals surface area contributed by atoms with E-state index < -0.39 is 11.9 Å². The van der Waals surface area contributed by atoms with E-state index in [0.29, 0.717) is 17.3 Å². The molecule has 1 aromatic heterocycles. The highest BCUT2D eigenvalue weighted by Gasteiger charge is 2.14. The van der Waals surface area contributed by atoms with Crippen molar-refractivity contribution in [1.29, 1.82) is 0 Å². The minimum atomic E-state index is -0.899. The fourth-order valence-electron chi connectivity index (χ4n) is 1.83. The molecule has 1 aromatic carbocycles. The van der Waals surface area contributed by atoms with Crippen LogP contribution in [-0.4, -0.2) is 33.5 Å². The standard InChI is InChI=1S/C16H16ClN3O3S/c17-12-9-19-16(24-10-11-5-2-1-3-6-11)20-14(12)15(23)18-8-4-7-13(21)22/h1-3,5-6,9H,4,7-8,10H2,(H,18,23)(H,21,22). The molecule has 0 radical (unpaired) electrons. The van der Waals surface area contributed by atoms with Crippen molar-refractivity contribution in [2.75, 3.05) is 6.54 Å². The van der Waals surface area contributed by atoms with Crippen molar-refractivity contribution in [3.63, 3.8) is 0 Å². The first kappa shape index (κ1) is 18.2. The molecular weight excluding hydrogens is 350 g/mol. The van der Waals surface area contributed by atoms with Crippen LogP contribution in [-0.2, 0) is 10.5 Å². The zero-order valence-electron chi connectivity index (χ0n) is 12.7. The average molecular weight is 366 g/mol. The van der Waals surface area contributed by atoms with E-state index in [1.54, 1.807) is 0 Å². The maximum absolute atomic E-state index is 12.1. The molecule has 1 heterocycles. The van der Waals surface area contributed by atoms with Crippen molar-refractivity contribution in [3.8, 4) is 0 Å². The van der Waals surface area contributed by atoms with E-state index in [9.17, 15) is 9.59 Å². The Balaban J connectivity index is 1.94. The summed E-state index contributed by atoms with van der Waals surface area (Å²) in [5.74, 6) is -0.652. The molecule has 126 valence electrons. The molecule has 24 heavy (non-hydrogen) atoms. The maximum atomic E-state index is 12.1. The highest BCUT2D eigenvalue weighted by atomic mass is 35.5. The van der Waals surface area contributed by atoms with Crippen molar-refractivity contribution in [3.05, 3.63) is 52.8 Å². The van der Waals surface area contributed by atoms with Gasteiger partial charge in [0.05, 0.1) is 11.2 Å². The molecule has 2 aromatic rings. The van der Waals surface area contributed by atoms with Crippen molar-refractivity contribution >= 4 is 35.2 Å². The molecule has 0 atom stereocenters. The molecular formula is C16H16ClN3O3S. The summed E-state index contributed by atoms with van der Waals surface area (Å²) in [4.78, 5) is 30.8. The molecule has 0 fully saturated rings. The molecule has 2 N–H and O–H groups in total. The Labute approximate surface area is 148 Å². The largest absolute Gasteiger partial charge is 0.481 e. The lowest BCUT2D eigenvalue weighted by molar-refractivity contribution is -0.137. The second-order valence-corrected chi connectivity index (χ2v) is 6.23. The SMILES string of the molecule is O=C(O)CCCNC(=O)c1nc(SCc2ccccc2)ncc1Cl. The summed E-state index contributed by atoms with van der Waals surface area (Å²) in [6.07, 6.45) is 1.74. The molecule has 8 heteroatoms. The number of rotatable bonds is 8. The Morgan fingerprint density at radius 2 is 2.00 bits per heavy atom. The number of aliphatic carboxylic acids is 1. The van der Waals surface area contributed by atoms with E-state index in [-0.39, 0.29) is 23.7 Å². The van der Waals surface area contributed by atoms with Gasteiger partial charge in [-0.05, 0) is 12.0 Å². The number of carboxylic acids is 1. The van der Waals surface area contributed by atoms with Gasteiger partial charge < -0.3 is 10.4 Å². The Morgan fingerprint density at radius 3 is 2.71 bits per heavy atom. The van der Waals surface area contributed by atoms with Crippen molar-refractivity contribution in [1.82, 2.24) is 15.3 Å². The number of hydrogen-bond donors (Lipinski definition) is 2. The highest BCUT2D eigenvalue weighted by molar-refractivity contribution is 7.98. The molecule has 0 bridgehead atoms. The van der Waals surface area contributed by atoms with Gasteiger partial charge in [-0.2, -0.15) is 0 Å². The van der Waals surface area contributed by atoms with Crippen LogP contribution < -0.4 is 5.32 Å². The first-order valence-electron chi connectivity index (χ1n) is 7.25. The van der Waals surface area contributed by atoms with Gasteiger partial charge in [0.25, 0.3) is 5.91 Å². The van der Waals surface area contributed by atoms with Gasteiger partial charge in [0, 0.05) is 18.7 Å². The normalized spacial score (nSPS) is 10.4. The van der Waals surface area contributed by atoms with Gasteiger partial charge in [-0.15, -0.1) is 0 Å². The number of hydrogen-bond acceptors (Lipinski definition) is 5. The molecule has 6 nitrogen and oxygen atoms in total. The average Bonchev–Trinajstić information content (AvgIpc) is 2.58. The van der Waals surface area contributed by atoms with Gasteiger partial charge in [-0.1, -0.05) is 53.7 Å². The number of aromatic nitrogens is 2. The Bertz CT molecular complexity index is 713. The zero-order chi connectivity index (χ0) is 17.4. The van der Waals surface area contributed by atoms with Crippen LogP contribution >= 0.6 is 23.4 Å². The number of carbonyl (C=O) groups excluding carboxylic acids is 1. The zero-order valence-corrected chi connectivity index (χ0v) is 14.3. The second-order valence-electron chi connectivity index (χ2n) is 4.88. The first-order chi connectivity index (χ1) is 11.6. The van der Waals surface area contributed by atoms with Gasteiger partial charge >= 0.3 is 5.97 Å². The van der Waals surface area contributed by atoms with E-state index in [4.69, 9.17) is 16.7 Å². The number of carbonyl (C=O) groups is 2. The van der Waals surface area contributed by atoms with E-state index in [0.717, 1.165) is 5.56 Å². The summed E-state index contributed by atoms with van der Waals surface area (Å²) >= 11 is 7.39.